The summed E-state index contributed by atoms with van der Waals surface area (Å²) >= 11 is 1.11. The molecule has 0 aliphatic heterocycles. The number of carboxylic acids is 1. The first-order chi connectivity index (χ1) is 7.49. The number of amides is 1. The number of rotatable bonds is 6. The number of aliphatic hydroxyl groups is 1. The molecule has 0 aromatic rings. The van der Waals surface area contributed by atoms with E-state index >= 15 is 0 Å². The van der Waals surface area contributed by atoms with E-state index in [1.807, 2.05) is 0 Å². The summed E-state index contributed by atoms with van der Waals surface area (Å²) in [5.74, 6) is -0.386. The summed E-state index contributed by atoms with van der Waals surface area (Å²) in [6.07, 6.45) is 1.33. The van der Waals surface area contributed by atoms with Crippen LogP contribution in [0, 0.1) is 5.92 Å². The Balaban J connectivity index is 2.13. The number of carboxylic acid groups (broad SMARTS) is 1. The number of hydrogen-bond donors (Lipinski definition) is 2. The van der Waals surface area contributed by atoms with Crippen molar-refractivity contribution >= 4 is 23.6 Å². The molecule has 1 amide bonds. The van der Waals surface area contributed by atoms with Gasteiger partial charge in [0.2, 0.25) is 5.91 Å². The fourth-order valence-corrected chi connectivity index (χ4v) is 2.35. The Morgan fingerprint density at radius 1 is 1.38 bits per heavy atom. The molecule has 0 radical (unpaired) electrons. The SMILES string of the molecule is CN(CC1CC(O)C1)C(=O)CSCC(=O)O. The standard InChI is InChI=1S/C10H17NO4S/c1-11(4-7-2-8(12)3-7)9(13)5-16-6-10(14)15/h7-8,12H,2-6H2,1H3,(H,14,15). The number of hydrogen-bond acceptors (Lipinski definition) is 4. The predicted molar refractivity (Wildman–Crippen MR) is 61.3 cm³/mol. The molecule has 6 heteroatoms. The fraction of sp³-hybridized carbons (Fsp3) is 0.800. The number of carbonyl (C=O) groups excluding carboxylic acids is 1. The van der Waals surface area contributed by atoms with E-state index in [-0.39, 0.29) is 23.5 Å². The first kappa shape index (κ1) is 13.3. The molecule has 1 fully saturated rings. The van der Waals surface area contributed by atoms with Crippen molar-refractivity contribution in [2.24, 2.45) is 5.92 Å². The third-order valence-electron chi connectivity index (χ3n) is 2.62. The molecule has 0 unspecified atom stereocenters. The molecule has 1 aliphatic rings. The molecule has 2 N–H and O–H groups in total. The van der Waals surface area contributed by atoms with Gasteiger partial charge in [0, 0.05) is 13.6 Å². The molecular weight excluding hydrogens is 230 g/mol. The average Bonchev–Trinajstić information content (AvgIpc) is 2.14. The quantitative estimate of drug-likeness (QED) is 0.692. The lowest BCUT2D eigenvalue weighted by atomic mass is 9.82. The summed E-state index contributed by atoms with van der Waals surface area (Å²) in [6.45, 7) is 0.656. The summed E-state index contributed by atoms with van der Waals surface area (Å²) in [5.41, 5.74) is 0. The topological polar surface area (TPSA) is 77.8 Å². The van der Waals surface area contributed by atoms with Crippen molar-refractivity contribution < 1.29 is 19.8 Å². The van der Waals surface area contributed by atoms with E-state index in [4.69, 9.17) is 10.2 Å². The number of aliphatic carboxylic acids is 1. The lowest BCUT2D eigenvalue weighted by molar-refractivity contribution is -0.133. The summed E-state index contributed by atoms with van der Waals surface area (Å²) in [6, 6.07) is 0. The van der Waals surface area contributed by atoms with Crippen LogP contribution in [0.1, 0.15) is 12.8 Å². The highest BCUT2D eigenvalue weighted by molar-refractivity contribution is 8.00. The van der Waals surface area contributed by atoms with Gasteiger partial charge in [0.15, 0.2) is 0 Å². The maximum absolute atomic E-state index is 11.5. The monoisotopic (exact) mass is 247 g/mol. The van der Waals surface area contributed by atoms with Crippen molar-refractivity contribution in [3.8, 4) is 0 Å². The van der Waals surface area contributed by atoms with Crippen molar-refractivity contribution in [1.29, 1.82) is 0 Å². The molecule has 0 aromatic heterocycles. The van der Waals surface area contributed by atoms with Gasteiger partial charge in [-0.15, -0.1) is 11.8 Å². The van der Waals surface area contributed by atoms with Crippen molar-refractivity contribution in [2.45, 2.75) is 18.9 Å². The summed E-state index contributed by atoms with van der Waals surface area (Å²) < 4.78 is 0. The molecule has 5 nitrogen and oxygen atoms in total. The van der Waals surface area contributed by atoms with Gasteiger partial charge in [-0.1, -0.05) is 0 Å². The molecular formula is C10H17NO4S. The minimum atomic E-state index is -0.900. The maximum atomic E-state index is 11.5. The molecule has 0 spiro atoms. The van der Waals surface area contributed by atoms with Crippen LogP contribution < -0.4 is 0 Å². The van der Waals surface area contributed by atoms with Gasteiger partial charge in [-0.2, -0.15) is 0 Å². The van der Waals surface area contributed by atoms with E-state index < -0.39 is 5.97 Å². The van der Waals surface area contributed by atoms with Gasteiger partial charge in [0.05, 0.1) is 17.6 Å². The second kappa shape index (κ2) is 6.10. The smallest absolute Gasteiger partial charge is 0.313 e. The van der Waals surface area contributed by atoms with Crippen molar-refractivity contribution in [3.63, 3.8) is 0 Å². The van der Waals surface area contributed by atoms with Crippen molar-refractivity contribution in [3.05, 3.63) is 0 Å². The Kier molecular flexibility index (Phi) is 5.08. The minimum Gasteiger partial charge on any atom is -0.481 e. The number of nitrogens with zero attached hydrogens (tertiary/aromatic N) is 1. The van der Waals surface area contributed by atoms with Crippen LogP contribution in [0.4, 0.5) is 0 Å². The molecule has 1 aliphatic carbocycles. The molecule has 1 rings (SSSR count). The van der Waals surface area contributed by atoms with Crippen LogP contribution in [0.2, 0.25) is 0 Å². The molecule has 16 heavy (non-hydrogen) atoms. The van der Waals surface area contributed by atoms with Crippen LogP contribution in [0.3, 0.4) is 0 Å². The summed E-state index contributed by atoms with van der Waals surface area (Å²) in [7, 11) is 1.72. The van der Waals surface area contributed by atoms with Gasteiger partial charge >= 0.3 is 5.97 Å². The van der Waals surface area contributed by atoms with Crippen LogP contribution in [-0.4, -0.2) is 58.2 Å². The van der Waals surface area contributed by atoms with Gasteiger partial charge in [-0.3, -0.25) is 9.59 Å². The molecule has 0 saturated heterocycles. The van der Waals surface area contributed by atoms with E-state index in [0.717, 1.165) is 24.6 Å². The third kappa shape index (κ3) is 4.40. The molecule has 0 heterocycles. The molecule has 92 valence electrons. The first-order valence-corrected chi connectivity index (χ1v) is 6.36. The Hall–Kier alpha value is -0.750. The van der Waals surface area contributed by atoms with Gasteiger partial charge in [0.1, 0.15) is 0 Å². The van der Waals surface area contributed by atoms with Crippen molar-refractivity contribution in [2.75, 3.05) is 25.1 Å². The van der Waals surface area contributed by atoms with E-state index in [1.165, 1.54) is 0 Å². The molecule has 0 atom stereocenters. The highest BCUT2D eigenvalue weighted by Gasteiger charge is 2.28. The van der Waals surface area contributed by atoms with Gasteiger partial charge in [0.25, 0.3) is 0 Å². The third-order valence-corrected chi connectivity index (χ3v) is 3.52. The summed E-state index contributed by atoms with van der Waals surface area (Å²) in [4.78, 5) is 23.4. The average molecular weight is 247 g/mol. The Morgan fingerprint density at radius 2 is 2.00 bits per heavy atom. The highest BCUT2D eigenvalue weighted by atomic mass is 32.2. The first-order valence-electron chi connectivity index (χ1n) is 5.20. The van der Waals surface area contributed by atoms with Crippen molar-refractivity contribution in [1.82, 2.24) is 4.90 Å². The Bertz CT molecular complexity index is 266. The molecule has 1 saturated carbocycles. The second-order valence-corrected chi connectivity index (χ2v) is 5.14. The second-order valence-electron chi connectivity index (χ2n) is 4.15. The predicted octanol–water partition coefficient (Wildman–Crippen LogP) is 0.0335. The van der Waals surface area contributed by atoms with Gasteiger partial charge in [-0.05, 0) is 18.8 Å². The zero-order valence-corrected chi connectivity index (χ0v) is 10.1. The van der Waals surface area contributed by atoms with Crippen LogP contribution in [0.25, 0.3) is 0 Å². The largest absolute Gasteiger partial charge is 0.481 e. The lowest BCUT2D eigenvalue weighted by Gasteiger charge is -2.34. The maximum Gasteiger partial charge on any atom is 0.313 e. The fourth-order valence-electron chi connectivity index (χ4n) is 1.67. The van der Waals surface area contributed by atoms with Crippen LogP contribution in [0.5, 0.6) is 0 Å². The number of aliphatic hydroxyl groups excluding tert-OH is 1. The molecule has 0 aromatic carbocycles. The van der Waals surface area contributed by atoms with E-state index in [0.29, 0.717) is 12.5 Å². The number of thioether (sulfide) groups is 1. The highest BCUT2D eigenvalue weighted by Crippen LogP contribution is 2.27. The lowest BCUT2D eigenvalue weighted by Crippen LogP contribution is -2.40. The van der Waals surface area contributed by atoms with Gasteiger partial charge in [-0.25, -0.2) is 0 Å². The summed E-state index contributed by atoms with van der Waals surface area (Å²) in [5, 5.41) is 17.5. The van der Waals surface area contributed by atoms with E-state index in [9.17, 15) is 9.59 Å². The van der Waals surface area contributed by atoms with Crippen LogP contribution >= 0.6 is 11.8 Å². The van der Waals surface area contributed by atoms with E-state index in [2.05, 4.69) is 0 Å². The number of carbonyl (C=O) groups is 2. The Labute approximate surface area is 98.8 Å². The normalized spacial score (nSPS) is 23.6. The van der Waals surface area contributed by atoms with Gasteiger partial charge < -0.3 is 15.1 Å². The van der Waals surface area contributed by atoms with Crippen LogP contribution in [0.15, 0.2) is 0 Å². The van der Waals surface area contributed by atoms with Crippen LogP contribution in [-0.2, 0) is 9.59 Å². The molecule has 0 bridgehead atoms. The zero-order chi connectivity index (χ0) is 12.1. The Morgan fingerprint density at radius 3 is 2.50 bits per heavy atom. The zero-order valence-electron chi connectivity index (χ0n) is 9.26. The van der Waals surface area contributed by atoms with E-state index in [1.54, 1.807) is 11.9 Å². The minimum absolute atomic E-state index is 0.0400.